The highest BCUT2D eigenvalue weighted by atomic mass is 32.2. The van der Waals surface area contributed by atoms with Gasteiger partial charge in [0.2, 0.25) is 5.95 Å². The molecule has 0 aliphatic carbocycles. The van der Waals surface area contributed by atoms with Gasteiger partial charge in [0.1, 0.15) is 16.3 Å². The number of amides is 1. The molecule has 0 aliphatic rings. The van der Waals surface area contributed by atoms with E-state index in [1.165, 1.54) is 11.8 Å². The Kier molecular flexibility index (Phi) is 7.49. The second kappa shape index (κ2) is 10.6. The Morgan fingerprint density at radius 3 is 2.47 bits per heavy atom. The Hall–Kier alpha value is -3.59. The van der Waals surface area contributed by atoms with Crippen molar-refractivity contribution in [2.75, 3.05) is 5.32 Å². The number of para-hydroxylation sites is 2. The third-order valence-electron chi connectivity index (χ3n) is 6.09. The lowest BCUT2D eigenvalue weighted by Crippen LogP contribution is -2.26. The molecule has 2 aromatic heterocycles. The van der Waals surface area contributed by atoms with E-state index >= 15 is 0 Å². The molecular formula is C27H31N5O3S. The number of aryl methyl sites for hydroxylation is 1. The summed E-state index contributed by atoms with van der Waals surface area (Å²) >= 11 is 1.29. The predicted octanol–water partition coefficient (Wildman–Crippen LogP) is 5.83. The van der Waals surface area contributed by atoms with Crippen LogP contribution in [0.2, 0.25) is 0 Å². The minimum absolute atomic E-state index is 0.265. The number of carbonyl (C=O) groups excluding carboxylic acids is 1. The largest absolute Gasteiger partial charge is 0.480 e. The third-order valence-corrected chi connectivity index (χ3v) is 7.28. The standard InChI is InChI=1S/C27H31N5O3S/c1-5-6-9-16-32-22(24(33)30-26-29-20-10-7-8-11-21(20)31(26)4)17-28-23(32)18-12-14-19(15-13-18)36-27(2,3)25(34)35/h7-8,10-15,17H,5-6,9,16H2,1-4H3,(H,34,35)(H,29,30,33). The Bertz CT molecular complexity index is 1390. The van der Waals surface area contributed by atoms with Gasteiger partial charge in [-0.15, -0.1) is 11.8 Å². The number of carbonyl (C=O) groups is 2. The van der Waals surface area contributed by atoms with Crippen molar-refractivity contribution >= 4 is 40.6 Å². The van der Waals surface area contributed by atoms with E-state index in [1.807, 2.05) is 64.7 Å². The molecular weight excluding hydrogens is 474 g/mol. The van der Waals surface area contributed by atoms with Crippen LogP contribution in [0.3, 0.4) is 0 Å². The molecule has 0 radical (unpaired) electrons. The molecule has 2 aromatic carbocycles. The first kappa shape index (κ1) is 25.5. The number of thioether (sulfide) groups is 1. The van der Waals surface area contributed by atoms with E-state index in [-0.39, 0.29) is 5.91 Å². The van der Waals surface area contributed by atoms with Crippen molar-refractivity contribution in [3.05, 3.63) is 60.4 Å². The highest BCUT2D eigenvalue weighted by Gasteiger charge is 2.28. The Labute approximate surface area is 214 Å². The molecule has 0 saturated carbocycles. The number of hydrogen-bond acceptors (Lipinski definition) is 5. The first-order valence-electron chi connectivity index (χ1n) is 12.0. The van der Waals surface area contributed by atoms with Crippen molar-refractivity contribution in [1.82, 2.24) is 19.1 Å². The molecule has 2 N–H and O–H groups in total. The van der Waals surface area contributed by atoms with E-state index < -0.39 is 10.7 Å². The number of nitrogens with zero attached hydrogens (tertiary/aromatic N) is 4. The summed E-state index contributed by atoms with van der Waals surface area (Å²) in [6, 6.07) is 15.4. The maximum atomic E-state index is 13.3. The fourth-order valence-corrected chi connectivity index (χ4v) is 4.92. The molecule has 0 saturated heterocycles. The highest BCUT2D eigenvalue weighted by Crippen LogP contribution is 2.34. The molecule has 0 aliphatic heterocycles. The van der Waals surface area contributed by atoms with Crippen LogP contribution in [0.5, 0.6) is 0 Å². The van der Waals surface area contributed by atoms with Gasteiger partial charge in [0.25, 0.3) is 5.91 Å². The average Bonchev–Trinajstić information content (AvgIpc) is 3.41. The van der Waals surface area contributed by atoms with Gasteiger partial charge in [-0.05, 0) is 44.5 Å². The fraction of sp³-hybridized carbons (Fsp3) is 0.333. The normalized spacial score (nSPS) is 11.7. The van der Waals surface area contributed by atoms with Gasteiger partial charge >= 0.3 is 5.97 Å². The molecule has 188 valence electrons. The molecule has 4 rings (SSSR count). The second-order valence-corrected chi connectivity index (χ2v) is 10.9. The molecule has 36 heavy (non-hydrogen) atoms. The summed E-state index contributed by atoms with van der Waals surface area (Å²) in [5.41, 5.74) is 3.09. The second-order valence-electron chi connectivity index (χ2n) is 9.20. The maximum Gasteiger partial charge on any atom is 0.319 e. The van der Waals surface area contributed by atoms with Crippen molar-refractivity contribution in [3.63, 3.8) is 0 Å². The van der Waals surface area contributed by atoms with Gasteiger partial charge < -0.3 is 14.2 Å². The first-order valence-corrected chi connectivity index (χ1v) is 12.8. The number of hydrogen-bond donors (Lipinski definition) is 2. The van der Waals surface area contributed by atoms with Gasteiger partial charge in [0.05, 0.1) is 17.2 Å². The van der Waals surface area contributed by atoms with E-state index in [9.17, 15) is 14.7 Å². The fourth-order valence-electron chi connectivity index (χ4n) is 3.97. The third kappa shape index (κ3) is 5.31. The SMILES string of the molecule is CCCCCn1c(C(=O)Nc2nc3ccccc3n2C)cnc1-c1ccc(SC(C)(C)C(=O)O)cc1. The molecule has 0 spiro atoms. The quantitative estimate of drug-likeness (QED) is 0.208. The number of nitrogens with one attached hydrogen (secondary N) is 1. The molecule has 1 amide bonds. The maximum absolute atomic E-state index is 13.3. The lowest BCUT2D eigenvalue weighted by molar-refractivity contribution is -0.138. The Balaban J connectivity index is 1.62. The van der Waals surface area contributed by atoms with Gasteiger partial charge in [-0.2, -0.15) is 0 Å². The predicted molar refractivity (Wildman–Crippen MR) is 143 cm³/mol. The number of aliphatic carboxylic acids is 1. The van der Waals surface area contributed by atoms with Crippen molar-refractivity contribution in [3.8, 4) is 11.4 Å². The number of carboxylic acid groups (broad SMARTS) is 1. The van der Waals surface area contributed by atoms with E-state index in [2.05, 4.69) is 22.2 Å². The topological polar surface area (TPSA) is 102 Å². The number of anilines is 1. The van der Waals surface area contributed by atoms with Crippen LogP contribution in [0.25, 0.3) is 22.4 Å². The van der Waals surface area contributed by atoms with Crippen LogP contribution in [0.1, 0.15) is 50.5 Å². The number of rotatable bonds is 10. The van der Waals surface area contributed by atoms with Crippen LogP contribution in [-0.2, 0) is 18.4 Å². The van der Waals surface area contributed by atoms with Crippen LogP contribution in [-0.4, -0.2) is 40.8 Å². The van der Waals surface area contributed by atoms with Crippen LogP contribution < -0.4 is 5.32 Å². The van der Waals surface area contributed by atoms with Crippen molar-refractivity contribution < 1.29 is 14.7 Å². The zero-order valence-electron chi connectivity index (χ0n) is 21.0. The molecule has 0 unspecified atom stereocenters. The minimum Gasteiger partial charge on any atom is -0.480 e. The van der Waals surface area contributed by atoms with E-state index in [1.54, 1.807) is 20.0 Å². The molecule has 2 heterocycles. The summed E-state index contributed by atoms with van der Waals surface area (Å²) in [5, 5.41) is 12.4. The molecule has 0 bridgehead atoms. The summed E-state index contributed by atoms with van der Waals surface area (Å²) in [5.74, 6) is 0.0557. The summed E-state index contributed by atoms with van der Waals surface area (Å²) in [7, 11) is 1.88. The molecule has 0 fully saturated rings. The van der Waals surface area contributed by atoms with Crippen molar-refractivity contribution in [2.24, 2.45) is 7.05 Å². The minimum atomic E-state index is -0.929. The van der Waals surface area contributed by atoms with Crippen LogP contribution in [0.4, 0.5) is 5.95 Å². The zero-order valence-corrected chi connectivity index (χ0v) is 21.8. The highest BCUT2D eigenvalue weighted by molar-refractivity contribution is 8.01. The van der Waals surface area contributed by atoms with Gasteiger partial charge in [-0.1, -0.05) is 44.0 Å². The van der Waals surface area contributed by atoms with Gasteiger partial charge in [-0.25, -0.2) is 9.97 Å². The Morgan fingerprint density at radius 2 is 1.81 bits per heavy atom. The number of aromatic nitrogens is 4. The molecule has 9 heteroatoms. The van der Waals surface area contributed by atoms with Gasteiger partial charge in [0.15, 0.2) is 0 Å². The molecule has 8 nitrogen and oxygen atoms in total. The molecule has 4 aromatic rings. The first-order chi connectivity index (χ1) is 17.2. The Morgan fingerprint density at radius 1 is 1.08 bits per heavy atom. The number of fused-ring (bicyclic) bond motifs is 1. The van der Waals surface area contributed by atoms with Crippen molar-refractivity contribution in [2.45, 2.75) is 56.2 Å². The van der Waals surface area contributed by atoms with Crippen LogP contribution >= 0.6 is 11.8 Å². The van der Waals surface area contributed by atoms with E-state index in [0.29, 0.717) is 24.0 Å². The number of benzene rings is 2. The summed E-state index contributed by atoms with van der Waals surface area (Å²) in [6.45, 7) is 6.17. The number of unbranched alkanes of at least 4 members (excludes halogenated alkanes) is 2. The van der Waals surface area contributed by atoms with Gasteiger partial charge in [-0.3, -0.25) is 14.9 Å². The monoisotopic (exact) mass is 505 g/mol. The van der Waals surface area contributed by atoms with E-state index in [0.717, 1.165) is 40.8 Å². The summed E-state index contributed by atoms with van der Waals surface area (Å²) < 4.78 is 2.89. The number of imidazole rings is 2. The molecule has 0 atom stereocenters. The lowest BCUT2D eigenvalue weighted by atomic mass is 10.2. The van der Waals surface area contributed by atoms with Gasteiger partial charge in [0, 0.05) is 24.1 Å². The summed E-state index contributed by atoms with van der Waals surface area (Å²) in [6.07, 6.45) is 4.64. The van der Waals surface area contributed by atoms with Crippen molar-refractivity contribution in [1.29, 1.82) is 0 Å². The van der Waals surface area contributed by atoms with E-state index in [4.69, 9.17) is 0 Å². The lowest BCUT2D eigenvalue weighted by Gasteiger charge is -2.18. The van der Waals surface area contributed by atoms with Crippen LogP contribution in [0, 0.1) is 0 Å². The summed E-state index contributed by atoms with van der Waals surface area (Å²) in [4.78, 5) is 34.8. The van der Waals surface area contributed by atoms with Crippen LogP contribution in [0.15, 0.2) is 59.6 Å². The smallest absolute Gasteiger partial charge is 0.319 e. The average molecular weight is 506 g/mol. The zero-order chi connectivity index (χ0) is 25.9. The number of carboxylic acids is 1.